The SMILES string of the molecule is BrCC#Cc1cnn(-c2ccccc2)c1. The van der Waals surface area contributed by atoms with Crippen molar-refractivity contribution in [1.29, 1.82) is 0 Å². The van der Waals surface area contributed by atoms with Crippen molar-refractivity contribution in [3.63, 3.8) is 0 Å². The van der Waals surface area contributed by atoms with Crippen LogP contribution in [0.15, 0.2) is 42.7 Å². The molecule has 0 fully saturated rings. The van der Waals surface area contributed by atoms with Crippen LogP contribution >= 0.6 is 15.9 Å². The molecule has 0 spiro atoms. The van der Waals surface area contributed by atoms with Crippen molar-refractivity contribution >= 4 is 15.9 Å². The average Bonchev–Trinajstić information content (AvgIpc) is 2.76. The summed E-state index contributed by atoms with van der Waals surface area (Å²) < 4.78 is 1.82. The van der Waals surface area contributed by atoms with E-state index < -0.39 is 0 Å². The third kappa shape index (κ3) is 2.48. The maximum Gasteiger partial charge on any atom is 0.0651 e. The van der Waals surface area contributed by atoms with Gasteiger partial charge in [0.1, 0.15) is 0 Å². The molecule has 0 amide bonds. The molecule has 0 atom stereocenters. The van der Waals surface area contributed by atoms with Crippen LogP contribution in [-0.2, 0) is 0 Å². The van der Waals surface area contributed by atoms with E-state index >= 15 is 0 Å². The number of aromatic nitrogens is 2. The molecule has 2 aromatic rings. The lowest BCUT2D eigenvalue weighted by atomic mass is 10.3. The van der Waals surface area contributed by atoms with Gasteiger partial charge in [-0.15, -0.1) is 0 Å². The lowest BCUT2D eigenvalue weighted by Gasteiger charge is -1.97. The van der Waals surface area contributed by atoms with Crippen molar-refractivity contribution in [3.05, 3.63) is 48.3 Å². The lowest BCUT2D eigenvalue weighted by Crippen LogP contribution is -1.92. The number of hydrogen-bond acceptors (Lipinski definition) is 1. The van der Waals surface area contributed by atoms with Crippen molar-refractivity contribution in [2.24, 2.45) is 0 Å². The van der Waals surface area contributed by atoms with E-state index in [1.54, 1.807) is 6.20 Å². The van der Waals surface area contributed by atoms with Gasteiger partial charge < -0.3 is 0 Å². The van der Waals surface area contributed by atoms with Crippen molar-refractivity contribution in [1.82, 2.24) is 9.78 Å². The van der Waals surface area contributed by atoms with Gasteiger partial charge in [0.05, 0.1) is 22.8 Å². The summed E-state index contributed by atoms with van der Waals surface area (Å²) >= 11 is 3.26. The first-order valence-corrected chi connectivity index (χ1v) is 5.67. The van der Waals surface area contributed by atoms with E-state index in [-0.39, 0.29) is 0 Å². The highest BCUT2D eigenvalue weighted by Gasteiger charge is 1.96. The monoisotopic (exact) mass is 260 g/mol. The molecule has 2 nitrogen and oxygen atoms in total. The second kappa shape index (κ2) is 4.81. The number of halogens is 1. The average molecular weight is 261 g/mol. The smallest absolute Gasteiger partial charge is 0.0651 e. The number of rotatable bonds is 1. The second-order valence-electron chi connectivity index (χ2n) is 2.94. The Hall–Kier alpha value is -1.53. The van der Waals surface area contributed by atoms with E-state index in [0.29, 0.717) is 5.33 Å². The standard InChI is InChI=1S/C12H9BrN2/c13-8-4-5-11-9-14-15(10-11)12-6-2-1-3-7-12/h1-3,6-7,9-10H,8H2. The van der Waals surface area contributed by atoms with Crippen LogP contribution < -0.4 is 0 Å². The Kier molecular flexibility index (Phi) is 3.21. The molecule has 0 aliphatic carbocycles. The Bertz CT molecular complexity index is 491. The second-order valence-corrected chi connectivity index (χ2v) is 3.51. The van der Waals surface area contributed by atoms with E-state index in [0.717, 1.165) is 11.3 Å². The zero-order valence-corrected chi connectivity index (χ0v) is 9.61. The van der Waals surface area contributed by atoms with Crippen molar-refractivity contribution < 1.29 is 0 Å². The van der Waals surface area contributed by atoms with Gasteiger partial charge in [0, 0.05) is 6.20 Å². The topological polar surface area (TPSA) is 17.8 Å². The summed E-state index contributed by atoms with van der Waals surface area (Å²) in [7, 11) is 0. The van der Waals surface area contributed by atoms with E-state index in [4.69, 9.17) is 0 Å². The maximum absolute atomic E-state index is 4.24. The molecule has 1 heterocycles. The first-order valence-electron chi connectivity index (χ1n) is 4.55. The predicted octanol–water partition coefficient (Wildman–Crippen LogP) is 2.62. The first kappa shape index (κ1) is 10.0. The third-order valence-corrected chi connectivity index (χ3v) is 2.18. The van der Waals surface area contributed by atoms with Gasteiger partial charge in [-0.25, -0.2) is 4.68 Å². The number of hydrogen-bond donors (Lipinski definition) is 0. The van der Waals surface area contributed by atoms with Gasteiger partial charge in [0.25, 0.3) is 0 Å². The fourth-order valence-electron chi connectivity index (χ4n) is 1.24. The summed E-state index contributed by atoms with van der Waals surface area (Å²) in [5, 5.41) is 4.92. The minimum atomic E-state index is 0.684. The molecule has 2 rings (SSSR count). The molecule has 74 valence electrons. The number of para-hydroxylation sites is 1. The molecule has 0 aliphatic heterocycles. The van der Waals surface area contributed by atoms with Crippen LogP contribution in [0.25, 0.3) is 5.69 Å². The van der Waals surface area contributed by atoms with Crippen molar-refractivity contribution in [3.8, 4) is 17.5 Å². The molecule has 1 aromatic heterocycles. The van der Waals surface area contributed by atoms with Crippen LogP contribution in [0.5, 0.6) is 0 Å². The Balaban J connectivity index is 2.28. The van der Waals surface area contributed by atoms with E-state index in [1.165, 1.54) is 0 Å². The van der Waals surface area contributed by atoms with Crippen LogP contribution in [0.4, 0.5) is 0 Å². The van der Waals surface area contributed by atoms with Crippen LogP contribution in [0.1, 0.15) is 5.56 Å². The largest absolute Gasteiger partial charge is 0.240 e. The zero-order valence-electron chi connectivity index (χ0n) is 8.02. The van der Waals surface area contributed by atoms with E-state index in [9.17, 15) is 0 Å². The van der Waals surface area contributed by atoms with Crippen LogP contribution in [0, 0.1) is 11.8 Å². The molecule has 0 bridgehead atoms. The predicted molar refractivity (Wildman–Crippen MR) is 64.2 cm³/mol. The highest BCUT2D eigenvalue weighted by molar-refractivity contribution is 9.09. The van der Waals surface area contributed by atoms with Gasteiger partial charge >= 0.3 is 0 Å². The first-order chi connectivity index (χ1) is 7.40. The summed E-state index contributed by atoms with van der Waals surface area (Å²) in [4.78, 5) is 0. The minimum absolute atomic E-state index is 0.684. The summed E-state index contributed by atoms with van der Waals surface area (Å²) in [6, 6.07) is 9.98. The molecule has 15 heavy (non-hydrogen) atoms. The van der Waals surface area contributed by atoms with Crippen LogP contribution in [-0.4, -0.2) is 15.1 Å². The van der Waals surface area contributed by atoms with Crippen LogP contribution in [0.3, 0.4) is 0 Å². The quantitative estimate of drug-likeness (QED) is 0.570. The maximum atomic E-state index is 4.24. The highest BCUT2D eigenvalue weighted by Crippen LogP contribution is 2.06. The molecule has 0 unspecified atom stereocenters. The van der Waals surface area contributed by atoms with Gasteiger partial charge in [-0.3, -0.25) is 0 Å². The molecule has 3 heteroatoms. The van der Waals surface area contributed by atoms with Gasteiger partial charge in [0.15, 0.2) is 0 Å². The fraction of sp³-hybridized carbons (Fsp3) is 0.0833. The van der Waals surface area contributed by atoms with Crippen molar-refractivity contribution in [2.45, 2.75) is 0 Å². The van der Waals surface area contributed by atoms with Crippen molar-refractivity contribution in [2.75, 3.05) is 5.33 Å². The molecular weight excluding hydrogens is 252 g/mol. The third-order valence-electron chi connectivity index (χ3n) is 1.90. The Morgan fingerprint density at radius 3 is 2.80 bits per heavy atom. The molecule has 0 saturated heterocycles. The number of benzene rings is 1. The highest BCUT2D eigenvalue weighted by atomic mass is 79.9. The number of alkyl halides is 1. The van der Waals surface area contributed by atoms with Gasteiger partial charge in [-0.05, 0) is 12.1 Å². The summed E-state index contributed by atoms with van der Waals surface area (Å²) in [6.07, 6.45) is 3.69. The van der Waals surface area contributed by atoms with E-state index in [2.05, 4.69) is 32.9 Å². The van der Waals surface area contributed by atoms with Crippen LogP contribution in [0.2, 0.25) is 0 Å². The molecule has 0 N–H and O–H groups in total. The summed E-state index contributed by atoms with van der Waals surface area (Å²) in [5.74, 6) is 5.95. The van der Waals surface area contributed by atoms with Gasteiger partial charge in [0.2, 0.25) is 0 Å². The zero-order chi connectivity index (χ0) is 10.5. The summed E-state index contributed by atoms with van der Waals surface area (Å²) in [6.45, 7) is 0. The Labute approximate surface area is 97.1 Å². The van der Waals surface area contributed by atoms with Gasteiger partial charge in [-0.2, -0.15) is 5.10 Å². The Morgan fingerprint density at radius 2 is 2.07 bits per heavy atom. The lowest BCUT2D eigenvalue weighted by molar-refractivity contribution is 0.880. The fourth-order valence-corrected chi connectivity index (χ4v) is 1.38. The molecule has 0 saturated carbocycles. The Morgan fingerprint density at radius 1 is 1.27 bits per heavy atom. The minimum Gasteiger partial charge on any atom is -0.240 e. The molecule has 0 aliphatic rings. The summed E-state index contributed by atoms with van der Waals surface area (Å²) in [5.41, 5.74) is 1.97. The molecular formula is C12H9BrN2. The van der Waals surface area contributed by atoms with Gasteiger partial charge in [-0.1, -0.05) is 46.0 Å². The van der Waals surface area contributed by atoms with E-state index in [1.807, 2.05) is 41.2 Å². The molecule has 0 radical (unpaired) electrons. The number of nitrogens with zero attached hydrogens (tertiary/aromatic N) is 2. The normalized spacial score (nSPS) is 9.40. The molecule has 1 aromatic carbocycles.